The summed E-state index contributed by atoms with van der Waals surface area (Å²) >= 11 is 0. The molecule has 1 atom stereocenters. The third kappa shape index (κ3) is 3.30. The number of likely N-dealkylation sites (N-methyl/N-ethyl adjacent to an activating group) is 1. The standard InChI is InChI=1S/C16H26FN3/c1-5-18-13(3)14-11-15(17)12(2)10-16(14)20-8-6-19(4)7-9-20/h10-11,13,18H,5-9H2,1-4H3. The summed E-state index contributed by atoms with van der Waals surface area (Å²) in [6.45, 7) is 11.1. The van der Waals surface area contributed by atoms with Gasteiger partial charge in [0.2, 0.25) is 0 Å². The molecular weight excluding hydrogens is 253 g/mol. The second-order valence-electron chi connectivity index (χ2n) is 5.73. The zero-order valence-corrected chi connectivity index (χ0v) is 13.0. The highest BCUT2D eigenvalue weighted by molar-refractivity contribution is 5.57. The molecule has 0 aliphatic carbocycles. The second-order valence-corrected chi connectivity index (χ2v) is 5.73. The smallest absolute Gasteiger partial charge is 0.126 e. The number of halogens is 1. The van der Waals surface area contributed by atoms with E-state index in [4.69, 9.17) is 0 Å². The number of nitrogens with zero attached hydrogens (tertiary/aromatic N) is 2. The maximum atomic E-state index is 13.9. The van der Waals surface area contributed by atoms with Crippen LogP contribution >= 0.6 is 0 Å². The summed E-state index contributed by atoms with van der Waals surface area (Å²) in [4.78, 5) is 4.72. The van der Waals surface area contributed by atoms with E-state index in [1.54, 1.807) is 6.07 Å². The van der Waals surface area contributed by atoms with E-state index in [1.807, 2.05) is 13.0 Å². The van der Waals surface area contributed by atoms with Crippen LogP contribution in [-0.2, 0) is 0 Å². The van der Waals surface area contributed by atoms with E-state index in [2.05, 4.69) is 36.0 Å². The fourth-order valence-electron chi connectivity index (χ4n) is 2.77. The maximum Gasteiger partial charge on any atom is 0.126 e. The van der Waals surface area contributed by atoms with Gasteiger partial charge in [0, 0.05) is 37.9 Å². The molecule has 2 rings (SSSR count). The van der Waals surface area contributed by atoms with E-state index < -0.39 is 0 Å². The summed E-state index contributed by atoms with van der Waals surface area (Å²) in [5.41, 5.74) is 2.98. The Labute approximate surface area is 121 Å². The molecule has 1 heterocycles. The van der Waals surface area contributed by atoms with Gasteiger partial charge >= 0.3 is 0 Å². The van der Waals surface area contributed by atoms with Crippen molar-refractivity contribution in [1.29, 1.82) is 0 Å². The van der Waals surface area contributed by atoms with Gasteiger partial charge in [-0.05, 0) is 50.7 Å². The maximum absolute atomic E-state index is 13.9. The molecule has 3 nitrogen and oxygen atoms in total. The number of aryl methyl sites for hydroxylation is 1. The van der Waals surface area contributed by atoms with Crippen LogP contribution in [0.1, 0.15) is 31.0 Å². The predicted octanol–water partition coefficient (Wildman–Crippen LogP) is 2.56. The Morgan fingerprint density at radius 2 is 1.90 bits per heavy atom. The van der Waals surface area contributed by atoms with Gasteiger partial charge in [-0.25, -0.2) is 4.39 Å². The van der Waals surface area contributed by atoms with Crippen molar-refractivity contribution in [1.82, 2.24) is 10.2 Å². The zero-order valence-electron chi connectivity index (χ0n) is 13.0. The van der Waals surface area contributed by atoms with Crippen LogP contribution in [0.4, 0.5) is 10.1 Å². The molecule has 1 aliphatic heterocycles. The van der Waals surface area contributed by atoms with Crippen LogP contribution in [0.2, 0.25) is 0 Å². The lowest BCUT2D eigenvalue weighted by molar-refractivity contribution is 0.312. The number of hydrogen-bond acceptors (Lipinski definition) is 3. The van der Waals surface area contributed by atoms with Crippen LogP contribution in [0.15, 0.2) is 12.1 Å². The molecule has 1 aromatic rings. The Morgan fingerprint density at radius 1 is 1.25 bits per heavy atom. The molecule has 0 amide bonds. The molecule has 0 bridgehead atoms. The molecule has 1 N–H and O–H groups in total. The van der Waals surface area contributed by atoms with Crippen molar-refractivity contribution in [3.05, 3.63) is 29.1 Å². The van der Waals surface area contributed by atoms with Crippen molar-refractivity contribution in [3.8, 4) is 0 Å². The minimum atomic E-state index is -0.109. The molecule has 112 valence electrons. The van der Waals surface area contributed by atoms with E-state index in [9.17, 15) is 4.39 Å². The van der Waals surface area contributed by atoms with Gasteiger partial charge in [-0.3, -0.25) is 0 Å². The monoisotopic (exact) mass is 279 g/mol. The van der Waals surface area contributed by atoms with Crippen LogP contribution in [-0.4, -0.2) is 44.7 Å². The quantitative estimate of drug-likeness (QED) is 0.914. The SMILES string of the molecule is CCNC(C)c1cc(F)c(C)cc1N1CCN(C)CC1. The summed E-state index contributed by atoms with van der Waals surface area (Å²) in [7, 11) is 2.15. The number of nitrogens with one attached hydrogen (secondary N) is 1. The van der Waals surface area contributed by atoms with Crippen LogP contribution in [0.25, 0.3) is 0 Å². The Hall–Kier alpha value is -1.13. The van der Waals surface area contributed by atoms with E-state index >= 15 is 0 Å². The van der Waals surface area contributed by atoms with Crippen molar-refractivity contribution in [2.75, 3.05) is 44.7 Å². The summed E-state index contributed by atoms with van der Waals surface area (Å²) in [5.74, 6) is -0.109. The molecule has 0 saturated carbocycles. The Balaban J connectivity index is 2.32. The average Bonchev–Trinajstić information content (AvgIpc) is 2.42. The first kappa shape index (κ1) is 15.3. The molecule has 0 aromatic heterocycles. The molecule has 4 heteroatoms. The van der Waals surface area contributed by atoms with E-state index in [1.165, 1.54) is 5.69 Å². The first-order chi connectivity index (χ1) is 9.52. The van der Waals surface area contributed by atoms with E-state index in [-0.39, 0.29) is 11.9 Å². The number of anilines is 1. The van der Waals surface area contributed by atoms with E-state index in [0.717, 1.165) is 43.9 Å². The lowest BCUT2D eigenvalue weighted by Crippen LogP contribution is -2.45. The molecule has 1 aromatic carbocycles. The van der Waals surface area contributed by atoms with Gasteiger partial charge in [-0.2, -0.15) is 0 Å². The average molecular weight is 279 g/mol. The highest BCUT2D eigenvalue weighted by atomic mass is 19.1. The van der Waals surface area contributed by atoms with Gasteiger partial charge in [0.25, 0.3) is 0 Å². The first-order valence-electron chi connectivity index (χ1n) is 7.49. The summed E-state index contributed by atoms with van der Waals surface area (Å²) < 4.78 is 13.9. The Morgan fingerprint density at radius 3 is 2.50 bits per heavy atom. The molecule has 1 saturated heterocycles. The number of rotatable bonds is 4. The Bertz CT molecular complexity index is 453. The number of benzene rings is 1. The topological polar surface area (TPSA) is 18.5 Å². The minimum Gasteiger partial charge on any atom is -0.369 e. The van der Waals surface area contributed by atoms with Gasteiger partial charge in [-0.1, -0.05) is 6.92 Å². The van der Waals surface area contributed by atoms with Crippen molar-refractivity contribution in [2.45, 2.75) is 26.8 Å². The van der Waals surface area contributed by atoms with Crippen LogP contribution in [0.5, 0.6) is 0 Å². The molecular formula is C16H26FN3. The number of hydrogen-bond donors (Lipinski definition) is 1. The molecule has 0 spiro atoms. The van der Waals surface area contributed by atoms with Gasteiger partial charge in [0.1, 0.15) is 5.82 Å². The lowest BCUT2D eigenvalue weighted by Gasteiger charge is -2.36. The predicted molar refractivity (Wildman–Crippen MR) is 82.9 cm³/mol. The molecule has 1 fully saturated rings. The van der Waals surface area contributed by atoms with E-state index in [0.29, 0.717) is 0 Å². The third-order valence-electron chi connectivity index (χ3n) is 4.13. The fourth-order valence-corrected chi connectivity index (χ4v) is 2.77. The summed E-state index contributed by atoms with van der Waals surface area (Å²) in [5, 5.41) is 3.39. The third-order valence-corrected chi connectivity index (χ3v) is 4.13. The van der Waals surface area contributed by atoms with Gasteiger partial charge in [0.05, 0.1) is 0 Å². The molecule has 20 heavy (non-hydrogen) atoms. The molecule has 1 aliphatic rings. The number of piperazine rings is 1. The Kier molecular flexibility index (Phi) is 5.00. The largest absolute Gasteiger partial charge is 0.369 e. The van der Waals surface area contributed by atoms with Crippen molar-refractivity contribution in [3.63, 3.8) is 0 Å². The van der Waals surface area contributed by atoms with Gasteiger partial charge < -0.3 is 15.1 Å². The van der Waals surface area contributed by atoms with Gasteiger partial charge in [0.15, 0.2) is 0 Å². The highest BCUT2D eigenvalue weighted by Gasteiger charge is 2.20. The van der Waals surface area contributed by atoms with Crippen molar-refractivity contribution < 1.29 is 4.39 Å². The highest BCUT2D eigenvalue weighted by Crippen LogP contribution is 2.30. The fraction of sp³-hybridized carbons (Fsp3) is 0.625. The van der Waals surface area contributed by atoms with Crippen molar-refractivity contribution in [2.24, 2.45) is 0 Å². The summed E-state index contributed by atoms with van der Waals surface area (Å²) in [6, 6.07) is 3.88. The van der Waals surface area contributed by atoms with Crippen LogP contribution in [0.3, 0.4) is 0 Å². The lowest BCUT2D eigenvalue weighted by atomic mass is 10.0. The second kappa shape index (κ2) is 6.55. The molecule has 0 radical (unpaired) electrons. The van der Waals surface area contributed by atoms with Crippen LogP contribution < -0.4 is 10.2 Å². The first-order valence-corrected chi connectivity index (χ1v) is 7.49. The summed E-state index contributed by atoms with van der Waals surface area (Å²) in [6.07, 6.45) is 0. The van der Waals surface area contributed by atoms with Crippen molar-refractivity contribution >= 4 is 5.69 Å². The van der Waals surface area contributed by atoms with Gasteiger partial charge in [-0.15, -0.1) is 0 Å². The van der Waals surface area contributed by atoms with Crippen LogP contribution in [0, 0.1) is 12.7 Å². The normalized spacial score (nSPS) is 18.4. The molecule has 1 unspecified atom stereocenters. The zero-order chi connectivity index (χ0) is 14.7. The minimum absolute atomic E-state index is 0.109.